The van der Waals surface area contributed by atoms with Crippen LogP contribution in [-0.4, -0.2) is 44.1 Å². The van der Waals surface area contributed by atoms with E-state index in [4.69, 9.17) is 9.47 Å². The molecular formula is C15H19NO4. The van der Waals surface area contributed by atoms with E-state index < -0.39 is 0 Å². The molecule has 0 saturated carbocycles. The number of methoxy groups -OCH3 is 2. The quantitative estimate of drug-likeness (QED) is 0.788. The second-order valence-corrected chi connectivity index (χ2v) is 4.94. The van der Waals surface area contributed by atoms with E-state index in [9.17, 15) is 9.59 Å². The summed E-state index contributed by atoms with van der Waals surface area (Å²) in [6, 6.07) is 5.38. The highest BCUT2D eigenvalue weighted by Crippen LogP contribution is 2.23. The van der Waals surface area contributed by atoms with E-state index >= 15 is 0 Å². The van der Waals surface area contributed by atoms with Crippen LogP contribution in [0, 0.1) is 12.8 Å². The Morgan fingerprint density at radius 1 is 1.30 bits per heavy atom. The van der Waals surface area contributed by atoms with E-state index in [1.165, 1.54) is 7.11 Å². The number of esters is 1. The Labute approximate surface area is 118 Å². The smallest absolute Gasteiger partial charge is 0.310 e. The zero-order valence-corrected chi connectivity index (χ0v) is 12.0. The fraction of sp³-hybridized carbons (Fsp3) is 0.467. The van der Waals surface area contributed by atoms with Gasteiger partial charge in [0.2, 0.25) is 0 Å². The molecule has 1 heterocycles. The predicted molar refractivity (Wildman–Crippen MR) is 73.8 cm³/mol. The molecule has 5 heteroatoms. The molecular weight excluding hydrogens is 258 g/mol. The second kappa shape index (κ2) is 5.94. The first-order valence-corrected chi connectivity index (χ1v) is 6.58. The summed E-state index contributed by atoms with van der Waals surface area (Å²) in [5.41, 5.74) is 1.57. The second-order valence-electron chi connectivity index (χ2n) is 4.94. The summed E-state index contributed by atoms with van der Waals surface area (Å²) >= 11 is 0. The molecule has 5 nitrogen and oxygen atoms in total. The van der Waals surface area contributed by atoms with Gasteiger partial charge in [-0.2, -0.15) is 0 Å². The molecule has 0 spiro atoms. The summed E-state index contributed by atoms with van der Waals surface area (Å²) in [5, 5.41) is 0. The summed E-state index contributed by atoms with van der Waals surface area (Å²) in [6.07, 6.45) is 0.654. The van der Waals surface area contributed by atoms with E-state index in [2.05, 4.69) is 0 Å². The maximum Gasteiger partial charge on any atom is 0.310 e. The number of nitrogens with zero attached hydrogens (tertiary/aromatic N) is 1. The Balaban J connectivity index is 2.11. The van der Waals surface area contributed by atoms with E-state index in [0.29, 0.717) is 30.8 Å². The van der Waals surface area contributed by atoms with Crippen molar-refractivity contribution >= 4 is 11.9 Å². The molecule has 1 aliphatic heterocycles. The van der Waals surface area contributed by atoms with Crippen molar-refractivity contribution in [2.24, 2.45) is 5.92 Å². The maximum atomic E-state index is 12.4. The Hall–Kier alpha value is -2.04. The van der Waals surface area contributed by atoms with Crippen molar-refractivity contribution in [2.45, 2.75) is 13.3 Å². The molecule has 0 bridgehead atoms. The van der Waals surface area contributed by atoms with Crippen LogP contribution >= 0.6 is 0 Å². The lowest BCUT2D eigenvalue weighted by Gasteiger charge is -2.17. The molecule has 1 atom stereocenters. The van der Waals surface area contributed by atoms with Crippen LogP contribution in [0.2, 0.25) is 0 Å². The van der Waals surface area contributed by atoms with Crippen molar-refractivity contribution in [3.8, 4) is 5.75 Å². The summed E-state index contributed by atoms with van der Waals surface area (Å²) in [5.74, 6) is 0.160. The van der Waals surface area contributed by atoms with Crippen molar-refractivity contribution in [3.63, 3.8) is 0 Å². The van der Waals surface area contributed by atoms with Gasteiger partial charge >= 0.3 is 5.97 Å². The third kappa shape index (κ3) is 2.76. The highest BCUT2D eigenvalue weighted by atomic mass is 16.5. The zero-order chi connectivity index (χ0) is 14.7. The van der Waals surface area contributed by atoms with E-state index in [-0.39, 0.29) is 17.8 Å². The Bertz CT molecular complexity index is 527. The van der Waals surface area contributed by atoms with Crippen molar-refractivity contribution in [1.29, 1.82) is 0 Å². The van der Waals surface area contributed by atoms with Gasteiger partial charge in [0.15, 0.2) is 0 Å². The molecule has 2 rings (SSSR count). The Kier molecular flexibility index (Phi) is 4.27. The van der Waals surface area contributed by atoms with Crippen LogP contribution in [0.4, 0.5) is 0 Å². The van der Waals surface area contributed by atoms with Crippen molar-refractivity contribution in [2.75, 3.05) is 27.3 Å². The number of ether oxygens (including phenoxy) is 2. The SMILES string of the molecule is COC(=O)C1CCN(C(=O)c2ccc(C)c(OC)c2)C1. The van der Waals surface area contributed by atoms with Crippen LogP contribution in [0.15, 0.2) is 18.2 Å². The van der Waals surface area contributed by atoms with Crippen molar-refractivity contribution < 1.29 is 19.1 Å². The highest BCUT2D eigenvalue weighted by molar-refractivity contribution is 5.95. The van der Waals surface area contributed by atoms with Crippen molar-refractivity contribution in [3.05, 3.63) is 29.3 Å². The monoisotopic (exact) mass is 277 g/mol. The topological polar surface area (TPSA) is 55.8 Å². The minimum atomic E-state index is -0.248. The fourth-order valence-corrected chi connectivity index (χ4v) is 2.44. The standard InChI is InChI=1S/C15H19NO4/c1-10-4-5-11(8-13(10)19-2)14(17)16-7-6-12(9-16)15(18)20-3/h4-5,8,12H,6-7,9H2,1-3H3. The molecule has 1 amide bonds. The normalized spacial score (nSPS) is 17.9. The van der Waals surface area contributed by atoms with Gasteiger partial charge in [-0.3, -0.25) is 9.59 Å². The predicted octanol–water partition coefficient (Wildman–Crippen LogP) is 1.64. The number of hydrogen-bond donors (Lipinski definition) is 0. The molecule has 0 aromatic heterocycles. The van der Waals surface area contributed by atoms with E-state index in [1.54, 1.807) is 24.1 Å². The molecule has 1 aromatic carbocycles. The molecule has 1 fully saturated rings. The van der Waals surface area contributed by atoms with Gasteiger partial charge in [0.05, 0.1) is 20.1 Å². The van der Waals surface area contributed by atoms with Gasteiger partial charge in [0.1, 0.15) is 5.75 Å². The van der Waals surface area contributed by atoms with Crippen LogP contribution in [0.1, 0.15) is 22.3 Å². The maximum absolute atomic E-state index is 12.4. The average Bonchev–Trinajstić information content (AvgIpc) is 2.96. The lowest BCUT2D eigenvalue weighted by molar-refractivity contribution is -0.144. The van der Waals surface area contributed by atoms with Gasteiger partial charge < -0.3 is 14.4 Å². The molecule has 108 valence electrons. The lowest BCUT2D eigenvalue weighted by atomic mass is 10.1. The summed E-state index contributed by atoms with van der Waals surface area (Å²) in [7, 11) is 2.96. The number of carbonyl (C=O) groups excluding carboxylic acids is 2. The van der Waals surface area contributed by atoms with E-state index in [0.717, 1.165) is 5.56 Å². The van der Waals surface area contributed by atoms with Gasteiger partial charge in [-0.05, 0) is 31.0 Å². The van der Waals surface area contributed by atoms with Gasteiger partial charge in [-0.15, -0.1) is 0 Å². The minimum absolute atomic E-state index is 0.0743. The number of carbonyl (C=O) groups is 2. The molecule has 1 aromatic rings. The summed E-state index contributed by atoms with van der Waals surface area (Å²) < 4.78 is 9.95. The first-order chi connectivity index (χ1) is 9.56. The van der Waals surface area contributed by atoms with Crippen LogP contribution < -0.4 is 4.74 Å². The van der Waals surface area contributed by atoms with Gasteiger partial charge in [-0.1, -0.05) is 6.07 Å². The van der Waals surface area contributed by atoms with Crippen LogP contribution in [0.25, 0.3) is 0 Å². The molecule has 20 heavy (non-hydrogen) atoms. The minimum Gasteiger partial charge on any atom is -0.496 e. The molecule has 1 saturated heterocycles. The number of amides is 1. The Morgan fingerprint density at radius 2 is 2.05 bits per heavy atom. The Morgan fingerprint density at radius 3 is 2.70 bits per heavy atom. The van der Waals surface area contributed by atoms with Crippen LogP contribution in [-0.2, 0) is 9.53 Å². The molecule has 1 unspecified atom stereocenters. The lowest BCUT2D eigenvalue weighted by Crippen LogP contribution is -2.30. The number of aryl methyl sites for hydroxylation is 1. The molecule has 0 N–H and O–H groups in total. The first kappa shape index (κ1) is 14.4. The molecule has 0 radical (unpaired) electrons. The number of likely N-dealkylation sites (tertiary alicyclic amines) is 1. The van der Waals surface area contributed by atoms with Crippen LogP contribution in [0.5, 0.6) is 5.75 Å². The summed E-state index contributed by atoms with van der Waals surface area (Å²) in [4.78, 5) is 25.6. The van der Waals surface area contributed by atoms with E-state index in [1.807, 2.05) is 13.0 Å². The molecule has 1 aliphatic rings. The van der Waals surface area contributed by atoms with Gasteiger partial charge in [0.25, 0.3) is 5.91 Å². The summed E-state index contributed by atoms with van der Waals surface area (Å²) in [6.45, 7) is 2.92. The number of benzene rings is 1. The third-order valence-corrected chi connectivity index (χ3v) is 3.66. The number of rotatable bonds is 3. The first-order valence-electron chi connectivity index (χ1n) is 6.58. The average molecular weight is 277 g/mol. The highest BCUT2D eigenvalue weighted by Gasteiger charge is 2.32. The fourth-order valence-electron chi connectivity index (χ4n) is 2.44. The largest absolute Gasteiger partial charge is 0.496 e. The van der Waals surface area contributed by atoms with Gasteiger partial charge in [-0.25, -0.2) is 0 Å². The third-order valence-electron chi connectivity index (χ3n) is 3.66. The van der Waals surface area contributed by atoms with Gasteiger partial charge in [0, 0.05) is 18.7 Å². The zero-order valence-electron chi connectivity index (χ0n) is 12.0. The molecule has 0 aliphatic carbocycles. The van der Waals surface area contributed by atoms with Crippen molar-refractivity contribution in [1.82, 2.24) is 4.90 Å². The van der Waals surface area contributed by atoms with Crippen LogP contribution in [0.3, 0.4) is 0 Å². The number of hydrogen-bond acceptors (Lipinski definition) is 4.